The van der Waals surface area contributed by atoms with Crippen LogP contribution < -0.4 is 5.43 Å². The molecule has 0 saturated heterocycles. The largest absolute Gasteiger partial charge is 0.301 e. The molecule has 2 aromatic heterocycles. The van der Waals surface area contributed by atoms with E-state index in [1.807, 2.05) is 36.5 Å². The van der Waals surface area contributed by atoms with E-state index in [2.05, 4.69) is 141 Å². The van der Waals surface area contributed by atoms with Crippen molar-refractivity contribution in [3.8, 4) is 45.0 Å². The van der Waals surface area contributed by atoms with Gasteiger partial charge in [0.2, 0.25) is 0 Å². The molecule has 2 aliphatic rings. The van der Waals surface area contributed by atoms with Gasteiger partial charge in [-0.3, -0.25) is 10.1 Å². The molecule has 0 amide bonds. The van der Waals surface area contributed by atoms with Gasteiger partial charge < -0.3 is 5.43 Å². The minimum atomic E-state index is -0.159. The summed E-state index contributed by atoms with van der Waals surface area (Å²) in [5.74, 6) is 1.38. The van der Waals surface area contributed by atoms with E-state index >= 15 is 0 Å². The van der Waals surface area contributed by atoms with Gasteiger partial charge in [-0.05, 0) is 74.8 Å². The maximum atomic E-state index is 9.21. The first kappa shape index (κ1) is 32.0. The monoisotopic (exact) mass is 698 g/mol. The van der Waals surface area contributed by atoms with Crippen molar-refractivity contribution < 1.29 is 0 Å². The van der Waals surface area contributed by atoms with Crippen LogP contribution in [0.25, 0.3) is 66.8 Å². The number of nitrogens with one attached hydrogen (secondary N) is 2. The van der Waals surface area contributed by atoms with Gasteiger partial charge in [0, 0.05) is 38.9 Å². The highest BCUT2D eigenvalue weighted by molar-refractivity contribution is 6.11. The Kier molecular flexibility index (Phi) is 6.92. The Balaban J connectivity index is 1.03. The molecule has 0 saturated carbocycles. The molecular formula is C48H38N6. The Bertz CT molecular complexity index is 2880. The zero-order valence-corrected chi connectivity index (χ0v) is 30.6. The highest BCUT2D eigenvalue weighted by atomic mass is 15.4. The van der Waals surface area contributed by atoms with Crippen LogP contribution in [-0.2, 0) is 10.8 Å². The summed E-state index contributed by atoms with van der Waals surface area (Å²) >= 11 is 0. The van der Waals surface area contributed by atoms with Crippen LogP contribution in [0.3, 0.4) is 0 Å². The molecule has 54 heavy (non-hydrogen) atoms. The maximum Gasteiger partial charge on any atom is 0.181 e. The van der Waals surface area contributed by atoms with Gasteiger partial charge in [0.1, 0.15) is 5.71 Å². The minimum absolute atomic E-state index is 0.120. The van der Waals surface area contributed by atoms with Crippen molar-refractivity contribution >= 4 is 27.5 Å². The lowest BCUT2D eigenvalue weighted by Crippen LogP contribution is -2.15. The van der Waals surface area contributed by atoms with E-state index in [4.69, 9.17) is 15.0 Å². The highest BCUT2D eigenvalue weighted by Gasteiger charge is 2.37. The molecule has 0 aliphatic heterocycles. The predicted molar refractivity (Wildman–Crippen MR) is 221 cm³/mol. The Morgan fingerprint density at radius 3 is 1.87 bits per heavy atom. The van der Waals surface area contributed by atoms with Gasteiger partial charge >= 0.3 is 0 Å². The molecule has 0 unspecified atom stereocenters. The lowest BCUT2D eigenvalue weighted by molar-refractivity contribution is 0.660. The molecule has 8 aromatic rings. The smallest absolute Gasteiger partial charge is 0.181 e. The molecule has 6 heteroatoms. The summed E-state index contributed by atoms with van der Waals surface area (Å²) in [5.41, 5.74) is 17.7. The zero-order valence-electron chi connectivity index (χ0n) is 30.6. The van der Waals surface area contributed by atoms with Gasteiger partial charge in [-0.25, -0.2) is 15.0 Å². The Labute approximate surface area is 314 Å². The number of rotatable bonds is 6. The molecule has 0 radical (unpaired) electrons. The molecule has 0 atom stereocenters. The molecule has 2 heterocycles. The van der Waals surface area contributed by atoms with Gasteiger partial charge in [0.25, 0.3) is 0 Å². The van der Waals surface area contributed by atoms with Gasteiger partial charge in [0.05, 0.1) is 11.0 Å². The van der Waals surface area contributed by atoms with Gasteiger partial charge in [-0.15, -0.1) is 0 Å². The normalized spacial score (nSPS) is 14.6. The van der Waals surface area contributed by atoms with E-state index in [9.17, 15) is 5.41 Å². The molecule has 2 N–H and O–H groups in total. The van der Waals surface area contributed by atoms with E-state index in [0.717, 1.165) is 22.2 Å². The van der Waals surface area contributed by atoms with E-state index in [0.29, 0.717) is 17.5 Å². The lowest BCUT2D eigenvalue weighted by atomic mass is 9.82. The van der Waals surface area contributed by atoms with Crippen LogP contribution in [0.5, 0.6) is 0 Å². The zero-order chi connectivity index (χ0) is 36.8. The second-order valence-electron chi connectivity index (χ2n) is 15.4. The van der Waals surface area contributed by atoms with Crippen molar-refractivity contribution in [2.24, 2.45) is 0 Å². The van der Waals surface area contributed by atoms with Crippen LogP contribution in [0.15, 0.2) is 146 Å². The molecule has 2 aliphatic carbocycles. The molecule has 0 fully saturated rings. The van der Waals surface area contributed by atoms with Crippen molar-refractivity contribution in [2.75, 3.05) is 5.43 Å². The molecule has 0 spiro atoms. The summed E-state index contributed by atoms with van der Waals surface area (Å²) in [6, 6.07) is 46.9. The molecule has 6 nitrogen and oxygen atoms in total. The average molecular weight is 699 g/mol. The van der Waals surface area contributed by atoms with Gasteiger partial charge in [0.15, 0.2) is 17.5 Å². The quantitative estimate of drug-likeness (QED) is 0.169. The number of nitrogens with zero attached hydrogens (tertiary/aromatic N) is 4. The minimum Gasteiger partial charge on any atom is -0.301 e. The Hall–Kier alpha value is -6.66. The van der Waals surface area contributed by atoms with Crippen LogP contribution >= 0.6 is 0 Å². The molecule has 0 bridgehead atoms. The van der Waals surface area contributed by atoms with Crippen LogP contribution in [0.4, 0.5) is 0 Å². The Morgan fingerprint density at radius 1 is 0.537 bits per heavy atom. The summed E-state index contributed by atoms with van der Waals surface area (Å²) in [4.78, 5) is 14.7. The fraction of sp³-hybridized carbons (Fsp3) is 0.125. The molecule has 260 valence electrons. The van der Waals surface area contributed by atoms with Crippen LogP contribution in [0, 0.1) is 5.41 Å². The molecular weight excluding hydrogens is 661 g/mol. The number of fused-ring (bicyclic) bond motifs is 9. The van der Waals surface area contributed by atoms with Crippen molar-refractivity contribution in [3.63, 3.8) is 0 Å². The summed E-state index contributed by atoms with van der Waals surface area (Å²) in [6.45, 7) is 9.15. The molecule has 6 aromatic carbocycles. The fourth-order valence-corrected chi connectivity index (χ4v) is 8.76. The summed E-state index contributed by atoms with van der Waals surface area (Å²) in [7, 11) is 0. The SMILES string of the molecule is CC1(C)c2ccccc2-c2ccc(-c3nc(C(=N)/C=C\Nn4c5ccccc5c5cc6c(cc54)C(C)(C)c4ccccc4-6)nc(-c4ccccc4)n3)cc21. The number of hydrogen-bond donors (Lipinski definition) is 2. The second kappa shape index (κ2) is 11.7. The predicted octanol–water partition coefficient (Wildman–Crippen LogP) is 11.1. The van der Waals surface area contributed by atoms with E-state index in [1.165, 1.54) is 55.3 Å². The van der Waals surface area contributed by atoms with Crippen molar-refractivity contribution in [1.29, 1.82) is 5.41 Å². The third-order valence-corrected chi connectivity index (χ3v) is 11.6. The average Bonchev–Trinajstić information content (AvgIpc) is 3.73. The lowest BCUT2D eigenvalue weighted by Gasteiger charge is -2.21. The highest BCUT2D eigenvalue weighted by Crippen LogP contribution is 2.51. The fourth-order valence-electron chi connectivity index (χ4n) is 8.76. The number of allylic oxidation sites excluding steroid dienone is 1. The third-order valence-electron chi connectivity index (χ3n) is 11.6. The second-order valence-corrected chi connectivity index (χ2v) is 15.4. The van der Waals surface area contributed by atoms with Crippen molar-refractivity contribution in [3.05, 3.63) is 174 Å². The summed E-state index contributed by atoms with van der Waals surface area (Å²) in [6.07, 6.45) is 3.53. The number of aromatic nitrogens is 4. The Morgan fingerprint density at radius 2 is 1.13 bits per heavy atom. The number of para-hydroxylation sites is 1. The van der Waals surface area contributed by atoms with Gasteiger partial charge in [-0.1, -0.05) is 137 Å². The van der Waals surface area contributed by atoms with Crippen molar-refractivity contribution in [1.82, 2.24) is 19.6 Å². The summed E-state index contributed by atoms with van der Waals surface area (Å²) < 4.78 is 2.12. The molecule has 10 rings (SSSR count). The van der Waals surface area contributed by atoms with Crippen LogP contribution in [0.2, 0.25) is 0 Å². The van der Waals surface area contributed by atoms with Gasteiger partial charge in [-0.2, -0.15) is 0 Å². The standard InChI is InChI=1S/C48H38N6/c1-47(2)37-19-11-8-16-31(37)33-23-22-30(26-39(33)47)45-51-44(29-14-6-5-7-15-29)52-46(53-45)41(49)24-25-50-54-42-21-13-10-18-34(42)36-27-35-32-17-9-12-20-38(32)48(3,4)40(35)28-43(36)54/h5-28,49-50H,1-4H3/b25-24-,49-41?. The van der Waals surface area contributed by atoms with Crippen LogP contribution in [-0.4, -0.2) is 25.3 Å². The first-order valence-electron chi connectivity index (χ1n) is 18.5. The maximum absolute atomic E-state index is 9.21. The first-order valence-corrected chi connectivity index (χ1v) is 18.5. The topological polar surface area (TPSA) is 79.5 Å². The first-order chi connectivity index (χ1) is 26.2. The van der Waals surface area contributed by atoms with E-state index in [-0.39, 0.29) is 16.5 Å². The van der Waals surface area contributed by atoms with E-state index in [1.54, 1.807) is 6.08 Å². The van der Waals surface area contributed by atoms with Crippen LogP contribution in [0.1, 0.15) is 55.8 Å². The number of hydrogen-bond acceptors (Lipinski definition) is 5. The third kappa shape index (κ3) is 4.73. The van der Waals surface area contributed by atoms with Crippen molar-refractivity contribution in [2.45, 2.75) is 38.5 Å². The summed E-state index contributed by atoms with van der Waals surface area (Å²) in [5, 5.41) is 11.6. The van der Waals surface area contributed by atoms with E-state index < -0.39 is 0 Å². The number of benzene rings is 6.